The lowest BCUT2D eigenvalue weighted by atomic mass is 9.52. The van der Waals surface area contributed by atoms with Crippen LogP contribution in [0.25, 0.3) is 0 Å². The van der Waals surface area contributed by atoms with Crippen molar-refractivity contribution in [2.45, 2.75) is 62.5 Å². The number of rotatable bonds is 4. The molecule has 27 heavy (non-hydrogen) atoms. The van der Waals surface area contributed by atoms with Gasteiger partial charge in [-0.3, -0.25) is 4.90 Å². The Morgan fingerprint density at radius 2 is 2.15 bits per heavy atom. The monoisotopic (exact) mass is 383 g/mol. The van der Waals surface area contributed by atoms with Crippen LogP contribution in [0.2, 0.25) is 0 Å². The first-order valence-corrected chi connectivity index (χ1v) is 11.3. The van der Waals surface area contributed by atoms with Gasteiger partial charge in [-0.25, -0.2) is 0 Å². The first-order valence-electron chi connectivity index (χ1n) is 10.5. The zero-order valence-corrected chi connectivity index (χ0v) is 16.6. The van der Waals surface area contributed by atoms with Gasteiger partial charge in [-0.1, -0.05) is 25.0 Å². The van der Waals surface area contributed by atoms with Crippen LogP contribution in [0.5, 0.6) is 5.75 Å². The number of phenolic OH excluding ortho intramolecular Hbond substituents is 1. The predicted molar refractivity (Wildman–Crippen MR) is 109 cm³/mol. The molecule has 3 aliphatic rings. The van der Waals surface area contributed by atoms with Crippen molar-refractivity contribution in [1.82, 2.24) is 4.90 Å². The molecule has 4 atom stereocenters. The number of phenols is 1. The highest BCUT2D eigenvalue weighted by Crippen LogP contribution is 2.56. The lowest BCUT2D eigenvalue weighted by Gasteiger charge is -2.59. The number of piperidine rings is 1. The highest BCUT2D eigenvalue weighted by molar-refractivity contribution is 7.10. The molecule has 1 aromatic heterocycles. The molecule has 0 amide bonds. The maximum Gasteiger partial charge on any atom is 0.115 e. The molecule has 2 aliphatic carbocycles. The van der Waals surface area contributed by atoms with Crippen LogP contribution >= 0.6 is 11.3 Å². The molecule has 2 aromatic rings. The van der Waals surface area contributed by atoms with E-state index in [1.54, 1.807) is 11.3 Å². The van der Waals surface area contributed by atoms with E-state index >= 15 is 0 Å². The molecule has 2 bridgehead atoms. The second-order valence-electron chi connectivity index (χ2n) is 8.73. The largest absolute Gasteiger partial charge is 0.508 e. The summed E-state index contributed by atoms with van der Waals surface area (Å²) in [5, 5.41) is 22.7. The lowest BCUT2D eigenvalue weighted by Crippen LogP contribution is -2.61. The molecule has 4 heteroatoms. The zero-order chi connectivity index (χ0) is 18.4. The number of fused-ring (bicyclic) bond motifs is 1. The van der Waals surface area contributed by atoms with Crippen molar-refractivity contribution in [2.75, 3.05) is 13.1 Å². The quantitative estimate of drug-likeness (QED) is 0.809. The average Bonchev–Trinajstić information content (AvgIpc) is 3.22. The maximum atomic E-state index is 10.5. The summed E-state index contributed by atoms with van der Waals surface area (Å²) in [6.45, 7) is 2.09. The summed E-state index contributed by atoms with van der Waals surface area (Å²) < 4.78 is 0. The van der Waals surface area contributed by atoms with E-state index in [1.807, 2.05) is 23.6 Å². The molecule has 2 N–H and O–H groups in total. The van der Waals surface area contributed by atoms with Gasteiger partial charge in [0.25, 0.3) is 0 Å². The van der Waals surface area contributed by atoms with Gasteiger partial charge in [0.05, 0.1) is 6.10 Å². The molecule has 2 heterocycles. The molecule has 3 nitrogen and oxygen atoms in total. The van der Waals surface area contributed by atoms with Crippen molar-refractivity contribution in [3.63, 3.8) is 0 Å². The van der Waals surface area contributed by atoms with Crippen LogP contribution in [0.1, 0.15) is 60.6 Å². The number of aliphatic hydroxyl groups is 1. The van der Waals surface area contributed by atoms with Crippen LogP contribution in [0, 0.1) is 5.92 Å². The SMILES string of the molecule is Oc1ccc2c(c1)[C@@]13CCCC[C@H]1[C@H](C2)N(CCC(O)c1cccs1)CC3. The topological polar surface area (TPSA) is 43.7 Å². The third-order valence-electron chi connectivity index (χ3n) is 7.50. The molecular weight excluding hydrogens is 354 g/mol. The molecule has 1 saturated carbocycles. The molecule has 144 valence electrons. The third kappa shape index (κ3) is 2.93. The van der Waals surface area contributed by atoms with Gasteiger partial charge in [0.15, 0.2) is 0 Å². The van der Waals surface area contributed by atoms with E-state index in [-0.39, 0.29) is 11.5 Å². The highest BCUT2D eigenvalue weighted by Gasteiger charge is 2.53. The van der Waals surface area contributed by atoms with E-state index in [2.05, 4.69) is 17.0 Å². The molecule has 1 aromatic carbocycles. The maximum absolute atomic E-state index is 10.5. The molecule has 1 saturated heterocycles. The van der Waals surface area contributed by atoms with Crippen LogP contribution in [0.4, 0.5) is 0 Å². The third-order valence-corrected chi connectivity index (χ3v) is 8.47. The van der Waals surface area contributed by atoms with E-state index in [1.165, 1.54) is 43.2 Å². The predicted octanol–water partition coefficient (Wildman–Crippen LogP) is 4.64. The van der Waals surface area contributed by atoms with E-state index in [0.29, 0.717) is 17.7 Å². The summed E-state index contributed by atoms with van der Waals surface area (Å²) in [5.41, 5.74) is 3.17. The number of hydrogen-bond donors (Lipinski definition) is 2. The second-order valence-corrected chi connectivity index (χ2v) is 9.71. The van der Waals surface area contributed by atoms with Crippen molar-refractivity contribution in [2.24, 2.45) is 5.92 Å². The second kappa shape index (κ2) is 6.91. The van der Waals surface area contributed by atoms with Crippen LogP contribution < -0.4 is 0 Å². The van der Waals surface area contributed by atoms with Gasteiger partial charge in [0.1, 0.15) is 5.75 Å². The fraction of sp³-hybridized carbons (Fsp3) is 0.565. The molecular formula is C23H29NO2S. The van der Waals surface area contributed by atoms with Crippen molar-refractivity contribution in [3.05, 3.63) is 51.7 Å². The number of thiophene rings is 1. The van der Waals surface area contributed by atoms with Crippen LogP contribution in [-0.4, -0.2) is 34.2 Å². The Morgan fingerprint density at radius 1 is 1.22 bits per heavy atom. The average molecular weight is 384 g/mol. The lowest BCUT2D eigenvalue weighted by molar-refractivity contribution is -0.0170. The van der Waals surface area contributed by atoms with E-state index in [9.17, 15) is 10.2 Å². The fourth-order valence-corrected chi connectivity index (χ4v) is 7.01. The zero-order valence-electron chi connectivity index (χ0n) is 15.8. The molecule has 0 spiro atoms. The van der Waals surface area contributed by atoms with Gasteiger partial charge < -0.3 is 10.2 Å². The molecule has 1 unspecified atom stereocenters. The Labute approximate surface area is 165 Å². The van der Waals surface area contributed by atoms with Gasteiger partial charge in [-0.2, -0.15) is 0 Å². The number of hydrogen-bond acceptors (Lipinski definition) is 4. The van der Waals surface area contributed by atoms with Crippen molar-refractivity contribution >= 4 is 11.3 Å². The summed E-state index contributed by atoms with van der Waals surface area (Å²) in [4.78, 5) is 3.75. The summed E-state index contributed by atoms with van der Waals surface area (Å²) in [6, 6.07) is 10.7. The van der Waals surface area contributed by atoms with Gasteiger partial charge in [0.2, 0.25) is 0 Å². The summed E-state index contributed by atoms with van der Waals surface area (Å²) in [5.74, 6) is 1.13. The van der Waals surface area contributed by atoms with Crippen LogP contribution in [-0.2, 0) is 11.8 Å². The number of aromatic hydroxyl groups is 1. The normalized spacial score (nSPS) is 31.1. The van der Waals surface area contributed by atoms with Crippen LogP contribution in [0.3, 0.4) is 0 Å². The van der Waals surface area contributed by atoms with Crippen molar-refractivity contribution in [1.29, 1.82) is 0 Å². The Balaban J connectivity index is 1.40. The number of nitrogens with zero attached hydrogens (tertiary/aromatic N) is 1. The summed E-state index contributed by atoms with van der Waals surface area (Å²) in [7, 11) is 0. The molecule has 0 radical (unpaired) electrons. The minimum Gasteiger partial charge on any atom is -0.508 e. The first-order chi connectivity index (χ1) is 13.2. The smallest absolute Gasteiger partial charge is 0.115 e. The molecule has 1 aliphatic heterocycles. The van der Waals surface area contributed by atoms with Gasteiger partial charge >= 0.3 is 0 Å². The number of likely N-dealkylation sites (tertiary alicyclic amines) is 1. The Morgan fingerprint density at radius 3 is 3.00 bits per heavy atom. The minimum atomic E-state index is -0.337. The Bertz CT molecular complexity index is 805. The summed E-state index contributed by atoms with van der Waals surface area (Å²) in [6.07, 6.45) is 8.00. The summed E-state index contributed by atoms with van der Waals surface area (Å²) >= 11 is 1.65. The number of benzene rings is 1. The number of aliphatic hydroxyl groups excluding tert-OH is 1. The molecule has 5 rings (SSSR count). The first kappa shape index (κ1) is 17.7. The van der Waals surface area contributed by atoms with Gasteiger partial charge in [-0.15, -0.1) is 11.3 Å². The molecule has 2 fully saturated rings. The van der Waals surface area contributed by atoms with Crippen molar-refractivity contribution < 1.29 is 10.2 Å². The Kier molecular flexibility index (Phi) is 4.53. The van der Waals surface area contributed by atoms with E-state index in [4.69, 9.17) is 0 Å². The van der Waals surface area contributed by atoms with Gasteiger partial charge in [-0.05, 0) is 79.3 Å². The van der Waals surface area contributed by atoms with E-state index in [0.717, 1.165) is 30.8 Å². The Hall–Kier alpha value is -1.36. The minimum absolute atomic E-state index is 0.276. The van der Waals surface area contributed by atoms with Crippen LogP contribution in [0.15, 0.2) is 35.7 Å². The van der Waals surface area contributed by atoms with E-state index < -0.39 is 0 Å². The van der Waals surface area contributed by atoms with Gasteiger partial charge in [0, 0.05) is 22.9 Å². The standard InChI is InChI=1S/C23H29NO2S/c25-17-7-6-16-14-20-18-4-1-2-9-23(18,19(16)15-17)10-12-24(20)11-8-21(26)22-5-3-13-27-22/h3,5-7,13,15,18,20-21,25-26H,1-2,4,8-12,14H2/t18-,20-,21?,23+/m0/s1. The van der Waals surface area contributed by atoms with Crippen molar-refractivity contribution in [3.8, 4) is 5.75 Å². The highest BCUT2D eigenvalue weighted by atomic mass is 32.1. The fourth-order valence-electron chi connectivity index (χ4n) is 6.26.